The van der Waals surface area contributed by atoms with Gasteiger partial charge in [-0.2, -0.15) is 0 Å². The monoisotopic (exact) mass is 610 g/mol. The van der Waals surface area contributed by atoms with Gasteiger partial charge in [-0.25, -0.2) is 0 Å². The van der Waals surface area contributed by atoms with E-state index in [0.29, 0.717) is 26.4 Å². The van der Waals surface area contributed by atoms with Crippen LogP contribution in [0.25, 0.3) is 0 Å². The molecule has 236 valence electrons. The van der Waals surface area contributed by atoms with Gasteiger partial charge in [-0.1, -0.05) is 109 Å². The van der Waals surface area contributed by atoms with Gasteiger partial charge in [0.2, 0.25) is 0 Å². The van der Waals surface area contributed by atoms with Crippen LogP contribution in [-0.4, -0.2) is 51.0 Å². The lowest BCUT2D eigenvalue weighted by Crippen LogP contribution is -2.61. The summed E-state index contributed by atoms with van der Waals surface area (Å²) in [5.41, 5.74) is 4.14. The van der Waals surface area contributed by atoms with Crippen LogP contribution in [0.4, 0.5) is 0 Å². The third kappa shape index (κ3) is 9.83. The second kappa shape index (κ2) is 17.6. The highest BCUT2D eigenvalue weighted by atomic mass is 16.7. The van der Waals surface area contributed by atoms with E-state index in [1.165, 1.54) is 0 Å². The highest BCUT2D eigenvalue weighted by molar-refractivity contribution is 5.26. The first-order valence-corrected chi connectivity index (χ1v) is 15.3. The van der Waals surface area contributed by atoms with Gasteiger partial charge in [-0.05, 0) is 34.4 Å². The Balaban J connectivity index is 1.42. The van der Waals surface area contributed by atoms with Crippen molar-refractivity contribution in [2.24, 2.45) is 0 Å². The summed E-state index contributed by atoms with van der Waals surface area (Å²) in [5.74, 6) is 0.784. The summed E-state index contributed by atoms with van der Waals surface area (Å²) < 4.78 is 44.3. The van der Waals surface area contributed by atoms with E-state index in [0.717, 1.165) is 28.0 Å². The van der Waals surface area contributed by atoms with Gasteiger partial charge in [-0.3, -0.25) is 0 Å². The van der Waals surface area contributed by atoms with E-state index in [-0.39, 0.29) is 13.2 Å². The predicted octanol–water partition coefficient (Wildman–Crippen LogP) is 6.90. The Morgan fingerprint density at radius 1 is 0.578 bits per heavy atom. The van der Waals surface area contributed by atoms with E-state index in [1.807, 2.05) is 115 Å². The molecule has 0 unspecified atom stereocenters. The van der Waals surface area contributed by atoms with Crippen LogP contribution in [0, 0.1) is 0 Å². The molecule has 7 heteroatoms. The summed E-state index contributed by atoms with van der Waals surface area (Å²) in [7, 11) is 1.65. The summed E-state index contributed by atoms with van der Waals surface area (Å²) >= 11 is 0. The van der Waals surface area contributed by atoms with Crippen molar-refractivity contribution in [3.8, 4) is 5.75 Å². The van der Waals surface area contributed by atoms with Crippen LogP contribution in [0.2, 0.25) is 0 Å². The molecule has 4 aromatic rings. The zero-order valence-electron chi connectivity index (χ0n) is 25.7. The molecule has 0 saturated carbocycles. The zero-order chi connectivity index (χ0) is 31.1. The van der Waals surface area contributed by atoms with Crippen molar-refractivity contribution in [3.05, 3.63) is 150 Å². The second-order valence-corrected chi connectivity index (χ2v) is 10.8. The van der Waals surface area contributed by atoms with Gasteiger partial charge >= 0.3 is 0 Å². The van der Waals surface area contributed by atoms with Crippen LogP contribution in [0.5, 0.6) is 5.75 Å². The molecule has 0 radical (unpaired) electrons. The minimum Gasteiger partial charge on any atom is -0.497 e. The lowest BCUT2D eigenvalue weighted by atomic mass is 9.97. The smallest absolute Gasteiger partial charge is 0.187 e. The van der Waals surface area contributed by atoms with E-state index in [4.69, 9.17) is 33.2 Å². The number of ether oxygens (including phenoxy) is 7. The Kier molecular flexibility index (Phi) is 12.7. The predicted molar refractivity (Wildman–Crippen MR) is 173 cm³/mol. The first-order chi connectivity index (χ1) is 22.2. The fourth-order valence-corrected chi connectivity index (χ4v) is 5.19. The molecule has 0 amide bonds. The molecule has 1 saturated heterocycles. The van der Waals surface area contributed by atoms with E-state index in [1.54, 1.807) is 13.2 Å². The third-order valence-corrected chi connectivity index (χ3v) is 7.54. The average Bonchev–Trinajstić information content (AvgIpc) is 3.10. The minimum absolute atomic E-state index is 0.274. The number of hydrogen-bond donors (Lipinski definition) is 0. The van der Waals surface area contributed by atoms with Gasteiger partial charge in [-0.15, -0.1) is 6.58 Å². The Labute approximate surface area is 266 Å². The van der Waals surface area contributed by atoms with Gasteiger partial charge in [0.15, 0.2) is 6.29 Å². The quantitative estimate of drug-likeness (QED) is 0.121. The zero-order valence-corrected chi connectivity index (χ0v) is 25.7. The van der Waals surface area contributed by atoms with E-state index in [9.17, 15) is 0 Å². The molecule has 0 aliphatic carbocycles. The van der Waals surface area contributed by atoms with E-state index < -0.39 is 30.7 Å². The van der Waals surface area contributed by atoms with Gasteiger partial charge < -0.3 is 33.2 Å². The Morgan fingerprint density at radius 2 is 1.07 bits per heavy atom. The van der Waals surface area contributed by atoms with Crippen molar-refractivity contribution in [1.29, 1.82) is 0 Å². The second-order valence-electron chi connectivity index (χ2n) is 10.8. The van der Waals surface area contributed by atoms with Gasteiger partial charge in [0.25, 0.3) is 0 Å². The maximum Gasteiger partial charge on any atom is 0.187 e. The summed E-state index contributed by atoms with van der Waals surface area (Å²) in [6.45, 7) is 5.89. The molecule has 4 aromatic carbocycles. The minimum atomic E-state index is -0.741. The SMILES string of the molecule is C=CCO[C@H]1O[C@H](COCc2ccccc2)[C@H](OCc2ccccc2)[C@H](OCc2ccc(OC)cc2)[C@H]1OCc1ccccc1. The van der Waals surface area contributed by atoms with Crippen LogP contribution in [0.3, 0.4) is 0 Å². The molecule has 1 heterocycles. The molecule has 1 aliphatic heterocycles. The van der Waals surface area contributed by atoms with Crippen LogP contribution in [0.1, 0.15) is 22.3 Å². The lowest BCUT2D eigenvalue weighted by molar-refractivity contribution is -0.326. The normalized spacial score (nSPS) is 21.3. The lowest BCUT2D eigenvalue weighted by Gasteiger charge is -2.45. The van der Waals surface area contributed by atoms with Crippen molar-refractivity contribution in [3.63, 3.8) is 0 Å². The van der Waals surface area contributed by atoms with Crippen LogP contribution in [0.15, 0.2) is 128 Å². The third-order valence-electron chi connectivity index (χ3n) is 7.54. The topological polar surface area (TPSA) is 64.6 Å². The summed E-state index contributed by atoms with van der Waals surface area (Å²) in [6, 6.07) is 38.0. The molecule has 5 rings (SSSR count). The molecular weight excluding hydrogens is 568 g/mol. The number of methoxy groups -OCH3 is 1. The van der Waals surface area contributed by atoms with E-state index >= 15 is 0 Å². The molecule has 7 nitrogen and oxygen atoms in total. The van der Waals surface area contributed by atoms with Gasteiger partial charge in [0.1, 0.15) is 30.2 Å². The van der Waals surface area contributed by atoms with Crippen molar-refractivity contribution in [2.75, 3.05) is 20.3 Å². The fraction of sp³-hybridized carbons (Fsp3) is 0.316. The molecule has 0 aromatic heterocycles. The summed E-state index contributed by atoms with van der Waals surface area (Å²) in [6.07, 6.45) is -1.21. The number of benzene rings is 4. The Morgan fingerprint density at radius 3 is 1.60 bits per heavy atom. The van der Waals surface area contributed by atoms with Crippen LogP contribution < -0.4 is 4.74 Å². The Hall–Kier alpha value is -3.82. The summed E-state index contributed by atoms with van der Waals surface area (Å²) in [5, 5.41) is 0. The molecule has 1 fully saturated rings. The molecule has 0 spiro atoms. The fourth-order valence-electron chi connectivity index (χ4n) is 5.19. The Bertz CT molecular complexity index is 1380. The average molecular weight is 611 g/mol. The number of hydrogen-bond acceptors (Lipinski definition) is 7. The molecule has 5 atom stereocenters. The van der Waals surface area contributed by atoms with Crippen molar-refractivity contribution in [1.82, 2.24) is 0 Å². The van der Waals surface area contributed by atoms with Gasteiger partial charge in [0, 0.05) is 0 Å². The van der Waals surface area contributed by atoms with Crippen LogP contribution in [-0.2, 0) is 54.8 Å². The molecular formula is C38H42O7. The van der Waals surface area contributed by atoms with Crippen molar-refractivity contribution in [2.45, 2.75) is 57.1 Å². The first kappa shape index (κ1) is 32.6. The van der Waals surface area contributed by atoms with Gasteiger partial charge in [0.05, 0.1) is 46.8 Å². The molecule has 0 N–H and O–H groups in total. The van der Waals surface area contributed by atoms with Crippen LogP contribution >= 0.6 is 0 Å². The maximum atomic E-state index is 6.72. The summed E-state index contributed by atoms with van der Waals surface area (Å²) in [4.78, 5) is 0. The van der Waals surface area contributed by atoms with E-state index in [2.05, 4.69) is 6.58 Å². The first-order valence-electron chi connectivity index (χ1n) is 15.3. The molecule has 45 heavy (non-hydrogen) atoms. The van der Waals surface area contributed by atoms with Crippen molar-refractivity contribution >= 4 is 0 Å². The molecule has 0 bridgehead atoms. The maximum absolute atomic E-state index is 6.72. The highest BCUT2D eigenvalue weighted by Crippen LogP contribution is 2.32. The highest BCUT2D eigenvalue weighted by Gasteiger charge is 2.49. The largest absolute Gasteiger partial charge is 0.497 e. The number of rotatable bonds is 17. The molecule has 1 aliphatic rings. The standard InChI is InChI=1S/C38H42O7/c1-3-23-41-38-37(44-26-31-17-11-6-12-18-31)36(43-27-32-19-21-33(39-2)22-20-32)35(42-25-30-15-9-5-10-16-30)34(45-38)28-40-24-29-13-7-4-8-14-29/h3-22,34-38H,1,23-28H2,2H3/t34-,35+,36+,37-,38+/m1/s1. The van der Waals surface area contributed by atoms with Crippen molar-refractivity contribution < 1.29 is 33.2 Å².